The Labute approximate surface area is 211 Å². The Bertz CT molecular complexity index is 905. The third kappa shape index (κ3) is 10.9. The number of hydrogen-bond donors (Lipinski definition) is 6. The summed E-state index contributed by atoms with van der Waals surface area (Å²) in [5.74, 6) is -3.99. The summed E-state index contributed by atoms with van der Waals surface area (Å²) in [7, 11) is 0. The summed E-state index contributed by atoms with van der Waals surface area (Å²) in [6, 6.07) is 4.44. The van der Waals surface area contributed by atoms with Crippen LogP contribution in [-0.4, -0.2) is 58.9 Å². The van der Waals surface area contributed by atoms with Gasteiger partial charge in [0.1, 0.15) is 18.1 Å². The Morgan fingerprint density at radius 2 is 1.36 bits per heavy atom. The third-order valence-corrected chi connectivity index (χ3v) is 5.57. The number of carbonyl (C=O) groups is 5. The van der Waals surface area contributed by atoms with Gasteiger partial charge in [0.15, 0.2) is 0 Å². The molecular formula is C25H39N5O6. The van der Waals surface area contributed by atoms with E-state index in [1.807, 2.05) is 13.8 Å². The lowest BCUT2D eigenvalue weighted by Crippen LogP contribution is -2.58. The van der Waals surface area contributed by atoms with Crippen molar-refractivity contribution in [3.05, 3.63) is 35.9 Å². The van der Waals surface area contributed by atoms with Crippen LogP contribution in [0, 0.1) is 11.8 Å². The topological polar surface area (TPSA) is 194 Å². The average Bonchev–Trinajstić information content (AvgIpc) is 2.80. The first-order chi connectivity index (χ1) is 16.8. The van der Waals surface area contributed by atoms with Crippen LogP contribution in [0.4, 0.5) is 0 Å². The number of aliphatic carboxylic acids is 1. The van der Waals surface area contributed by atoms with E-state index in [4.69, 9.17) is 11.5 Å². The Hall–Kier alpha value is -3.47. The number of nitrogens with two attached hydrogens (primary N) is 2. The molecule has 0 spiro atoms. The van der Waals surface area contributed by atoms with E-state index in [-0.39, 0.29) is 37.5 Å². The fourth-order valence-electron chi connectivity index (χ4n) is 3.42. The van der Waals surface area contributed by atoms with Gasteiger partial charge in [0.2, 0.25) is 23.6 Å². The van der Waals surface area contributed by atoms with Crippen LogP contribution in [0.2, 0.25) is 0 Å². The maximum atomic E-state index is 13.1. The summed E-state index contributed by atoms with van der Waals surface area (Å²) in [5, 5.41) is 17.2. The molecule has 36 heavy (non-hydrogen) atoms. The number of benzene rings is 1. The smallest absolute Gasteiger partial charge is 0.326 e. The largest absolute Gasteiger partial charge is 0.480 e. The summed E-state index contributed by atoms with van der Waals surface area (Å²) < 4.78 is 0. The number of primary amides is 1. The zero-order valence-corrected chi connectivity index (χ0v) is 21.3. The maximum Gasteiger partial charge on any atom is 0.326 e. The van der Waals surface area contributed by atoms with Gasteiger partial charge in [-0.05, 0) is 30.2 Å². The van der Waals surface area contributed by atoms with Gasteiger partial charge in [0.05, 0.1) is 6.04 Å². The number of carboxylic acids is 1. The number of carbonyl (C=O) groups excluding carboxylic acids is 4. The Morgan fingerprint density at radius 3 is 1.86 bits per heavy atom. The highest BCUT2D eigenvalue weighted by Crippen LogP contribution is 2.09. The molecule has 4 atom stereocenters. The van der Waals surface area contributed by atoms with E-state index in [1.54, 1.807) is 44.2 Å². The number of hydrogen-bond acceptors (Lipinski definition) is 6. The van der Waals surface area contributed by atoms with Gasteiger partial charge in [-0.3, -0.25) is 19.2 Å². The summed E-state index contributed by atoms with van der Waals surface area (Å²) in [5.41, 5.74) is 11.8. The first kappa shape index (κ1) is 30.6. The Kier molecular flexibility index (Phi) is 12.6. The number of carboxylic acid groups (broad SMARTS) is 1. The van der Waals surface area contributed by atoms with E-state index >= 15 is 0 Å². The standard InChI is InChI=1S/C25H39N5O6/c1-14(2)12-18(29-24(34)21(27)15(3)4)23(33)28-17(10-11-20(26)31)22(32)30-19(25(35)36)13-16-8-6-5-7-9-16/h5-9,14-15,17-19,21H,10-13,27H2,1-4H3,(H2,26,31)(H,28,33)(H,29,34)(H,30,32)(H,35,36). The van der Waals surface area contributed by atoms with E-state index in [2.05, 4.69) is 16.0 Å². The SMILES string of the molecule is CC(C)CC(NC(=O)C(N)C(C)C)C(=O)NC(CCC(N)=O)C(=O)NC(Cc1ccccc1)C(=O)O. The molecule has 0 heterocycles. The third-order valence-electron chi connectivity index (χ3n) is 5.57. The van der Waals surface area contributed by atoms with E-state index in [9.17, 15) is 29.1 Å². The lowest BCUT2D eigenvalue weighted by molar-refractivity contribution is -0.142. The molecule has 8 N–H and O–H groups in total. The molecule has 1 aromatic rings. The summed E-state index contributed by atoms with van der Waals surface area (Å²) >= 11 is 0. The van der Waals surface area contributed by atoms with Crippen molar-refractivity contribution in [2.75, 3.05) is 0 Å². The molecule has 1 rings (SSSR count). The van der Waals surface area contributed by atoms with Gasteiger partial charge in [-0.15, -0.1) is 0 Å². The van der Waals surface area contributed by atoms with Crippen LogP contribution in [0.1, 0.15) is 52.5 Å². The van der Waals surface area contributed by atoms with Gasteiger partial charge in [-0.2, -0.15) is 0 Å². The van der Waals surface area contributed by atoms with Crippen LogP contribution in [0.3, 0.4) is 0 Å². The maximum absolute atomic E-state index is 13.1. The highest BCUT2D eigenvalue weighted by atomic mass is 16.4. The van der Waals surface area contributed by atoms with Crippen LogP contribution in [0.25, 0.3) is 0 Å². The molecule has 0 fully saturated rings. The first-order valence-electron chi connectivity index (χ1n) is 12.0. The van der Waals surface area contributed by atoms with Crippen molar-refractivity contribution in [2.24, 2.45) is 23.3 Å². The quantitative estimate of drug-likeness (QED) is 0.194. The van der Waals surface area contributed by atoms with Crippen molar-refractivity contribution in [1.82, 2.24) is 16.0 Å². The second-order valence-electron chi connectivity index (χ2n) is 9.62. The van der Waals surface area contributed by atoms with Gasteiger partial charge < -0.3 is 32.5 Å². The van der Waals surface area contributed by atoms with Gasteiger partial charge in [0.25, 0.3) is 0 Å². The predicted molar refractivity (Wildman–Crippen MR) is 134 cm³/mol. The van der Waals surface area contributed by atoms with E-state index in [1.165, 1.54) is 0 Å². The van der Waals surface area contributed by atoms with Crippen molar-refractivity contribution >= 4 is 29.6 Å². The van der Waals surface area contributed by atoms with Gasteiger partial charge in [-0.25, -0.2) is 4.79 Å². The Balaban J connectivity index is 3.04. The lowest BCUT2D eigenvalue weighted by atomic mass is 9.99. The molecule has 0 aromatic heterocycles. The van der Waals surface area contributed by atoms with E-state index < -0.39 is 53.8 Å². The summed E-state index contributed by atoms with van der Waals surface area (Å²) in [4.78, 5) is 61.7. The zero-order valence-electron chi connectivity index (χ0n) is 21.3. The molecule has 4 amide bonds. The minimum absolute atomic E-state index is 0.0245. The molecule has 0 radical (unpaired) electrons. The van der Waals surface area contributed by atoms with Gasteiger partial charge >= 0.3 is 5.97 Å². The highest BCUT2D eigenvalue weighted by molar-refractivity contribution is 5.94. The predicted octanol–water partition coefficient (Wildman–Crippen LogP) is 0.0630. The molecule has 11 heteroatoms. The minimum atomic E-state index is -1.26. The molecule has 0 bridgehead atoms. The van der Waals surface area contributed by atoms with Crippen molar-refractivity contribution in [3.8, 4) is 0 Å². The molecule has 11 nitrogen and oxygen atoms in total. The van der Waals surface area contributed by atoms with Crippen molar-refractivity contribution in [3.63, 3.8) is 0 Å². The van der Waals surface area contributed by atoms with Crippen molar-refractivity contribution in [2.45, 2.75) is 77.5 Å². The molecule has 0 saturated heterocycles. The second kappa shape index (κ2) is 14.8. The number of nitrogens with one attached hydrogen (secondary N) is 3. The highest BCUT2D eigenvalue weighted by Gasteiger charge is 2.31. The van der Waals surface area contributed by atoms with Crippen LogP contribution in [0.5, 0.6) is 0 Å². The fraction of sp³-hybridized carbons (Fsp3) is 0.560. The molecule has 0 aliphatic carbocycles. The number of amides is 4. The van der Waals surface area contributed by atoms with Crippen molar-refractivity contribution in [1.29, 1.82) is 0 Å². The van der Waals surface area contributed by atoms with Crippen LogP contribution >= 0.6 is 0 Å². The van der Waals surface area contributed by atoms with Crippen LogP contribution < -0.4 is 27.4 Å². The number of rotatable bonds is 15. The molecule has 0 saturated carbocycles. The molecular weight excluding hydrogens is 466 g/mol. The zero-order chi connectivity index (χ0) is 27.4. The minimum Gasteiger partial charge on any atom is -0.480 e. The fourth-order valence-corrected chi connectivity index (χ4v) is 3.42. The van der Waals surface area contributed by atoms with E-state index in [0.29, 0.717) is 5.56 Å². The summed E-state index contributed by atoms with van der Waals surface area (Å²) in [6.45, 7) is 7.29. The van der Waals surface area contributed by atoms with Crippen molar-refractivity contribution < 1.29 is 29.1 Å². The van der Waals surface area contributed by atoms with Crippen LogP contribution in [-0.2, 0) is 30.4 Å². The normalized spacial score (nSPS) is 14.4. The molecule has 1 aromatic carbocycles. The molecule has 0 aliphatic rings. The van der Waals surface area contributed by atoms with Gasteiger partial charge in [0, 0.05) is 12.8 Å². The molecule has 4 unspecified atom stereocenters. The monoisotopic (exact) mass is 505 g/mol. The lowest BCUT2D eigenvalue weighted by Gasteiger charge is -2.26. The first-order valence-corrected chi connectivity index (χ1v) is 12.0. The average molecular weight is 506 g/mol. The molecule has 0 aliphatic heterocycles. The van der Waals surface area contributed by atoms with E-state index in [0.717, 1.165) is 0 Å². The van der Waals surface area contributed by atoms with Crippen LogP contribution in [0.15, 0.2) is 30.3 Å². The second-order valence-corrected chi connectivity index (χ2v) is 9.62. The summed E-state index contributed by atoms with van der Waals surface area (Å²) in [6.07, 6.45) is -0.0531. The Morgan fingerprint density at radius 1 is 0.833 bits per heavy atom. The van der Waals surface area contributed by atoms with Gasteiger partial charge in [-0.1, -0.05) is 58.0 Å². The molecule has 200 valence electrons.